The van der Waals surface area contributed by atoms with Gasteiger partial charge in [-0.3, -0.25) is 0 Å². The van der Waals surface area contributed by atoms with Crippen molar-refractivity contribution >= 4 is 28.1 Å². The molecule has 0 unspecified atom stereocenters. The summed E-state index contributed by atoms with van der Waals surface area (Å²) in [6.07, 6.45) is 0. The Hall–Kier alpha value is -3.40. The van der Waals surface area contributed by atoms with Crippen LogP contribution in [0.3, 0.4) is 0 Å². The van der Waals surface area contributed by atoms with Crippen molar-refractivity contribution in [1.29, 1.82) is 5.39 Å². The molecular formula is C17H17N6O+. The van der Waals surface area contributed by atoms with Gasteiger partial charge in [0.05, 0.1) is 12.6 Å². The van der Waals surface area contributed by atoms with Gasteiger partial charge in [0.1, 0.15) is 23.1 Å². The Morgan fingerprint density at radius 3 is 2.54 bits per heavy atom. The number of aromatic nitrogens is 2. The minimum Gasteiger partial charge on any atom is -0.497 e. The van der Waals surface area contributed by atoms with E-state index in [-0.39, 0.29) is 0 Å². The molecule has 0 aliphatic carbocycles. The molecule has 2 aromatic carbocycles. The lowest BCUT2D eigenvalue weighted by Gasteiger charge is -2.20. The quantitative estimate of drug-likeness (QED) is 0.580. The molecule has 0 aliphatic rings. The van der Waals surface area contributed by atoms with Gasteiger partial charge < -0.3 is 9.64 Å². The maximum absolute atomic E-state index is 8.64. The van der Waals surface area contributed by atoms with Crippen LogP contribution in [-0.4, -0.2) is 24.1 Å². The molecule has 0 bridgehead atoms. The van der Waals surface area contributed by atoms with Crippen LogP contribution in [0.5, 0.6) is 5.75 Å². The highest BCUT2D eigenvalue weighted by Crippen LogP contribution is 2.31. The highest BCUT2D eigenvalue weighted by atomic mass is 16.5. The van der Waals surface area contributed by atoms with Crippen LogP contribution in [0.2, 0.25) is 0 Å². The molecule has 3 aromatic rings. The fourth-order valence-electron chi connectivity index (χ4n) is 2.54. The second-order valence-corrected chi connectivity index (χ2v) is 5.30. The zero-order chi connectivity index (χ0) is 17.1. The molecule has 7 heteroatoms. The van der Waals surface area contributed by atoms with E-state index in [1.807, 2.05) is 61.3 Å². The van der Waals surface area contributed by atoms with Gasteiger partial charge in [-0.15, -0.1) is 0 Å². The largest absolute Gasteiger partial charge is 0.497 e. The van der Waals surface area contributed by atoms with Crippen LogP contribution < -0.4 is 15.1 Å². The number of nitrogens with one attached hydrogen (secondary N) is 1. The average molecular weight is 321 g/mol. The molecule has 0 radical (unpaired) electrons. The summed E-state index contributed by atoms with van der Waals surface area (Å²) in [5.74, 6) is 2.27. The minimum atomic E-state index is 0.654. The molecule has 7 nitrogen and oxygen atoms in total. The molecule has 0 saturated carbocycles. The number of fused-ring (bicyclic) bond motifs is 1. The Kier molecular flexibility index (Phi) is 4.12. The zero-order valence-corrected chi connectivity index (χ0v) is 13.7. The predicted molar refractivity (Wildman–Crippen MR) is 94.0 cm³/mol. The van der Waals surface area contributed by atoms with Gasteiger partial charge in [0, 0.05) is 18.1 Å². The Morgan fingerprint density at radius 1 is 1.12 bits per heavy atom. The van der Waals surface area contributed by atoms with E-state index in [4.69, 9.17) is 10.1 Å². The number of rotatable bonds is 4. The van der Waals surface area contributed by atoms with Gasteiger partial charge in [0.15, 0.2) is 0 Å². The highest BCUT2D eigenvalue weighted by Gasteiger charge is 2.13. The van der Waals surface area contributed by atoms with E-state index in [2.05, 4.69) is 20.5 Å². The smallest absolute Gasteiger partial charge is 0.308 e. The molecule has 0 amide bonds. The molecule has 0 saturated heterocycles. The van der Waals surface area contributed by atoms with Crippen LogP contribution in [0.25, 0.3) is 16.0 Å². The van der Waals surface area contributed by atoms with E-state index in [0.29, 0.717) is 11.5 Å². The first-order valence-electron chi connectivity index (χ1n) is 7.38. The van der Waals surface area contributed by atoms with Gasteiger partial charge in [-0.2, -0.15) is 0 Å². The summed E-state index contributed by atoms with van der Waals surface area (Å²) < 4.78 is 5.20. The van der Waals surface area contributed by atoms with Crippen molar-refractivity contribution in [2.24, 2.45) is 0 Å². The van der Waals surface area contributed by atoms with Crippen LogP contribution in [0.4, 0.5) is 17.2 Å². The molecular weight excluding hydrogens is 304 g/mol. The summed E-state index contributed by atoms with van der Waals surface area (Å²) in [6.45, 7) is 1.85. The molecule has 0 spiro atoms. The molecule has 0 fully saturated rings. The van der Waals surface area contributed by atoms with Crippen molar-refractivity contribution < 1.29 is 4.74 Å². The number of ether oxygens (including phenoxy) is 1. The van der Waals surface area contributed by atoms with Crippen LogP contribution in [0, 0.1) is 12.3 Å². The van der Waals surface area contributed by atoms with Crippen LogP contribution in [-0.2, 0) is 0 Å². The van der Waals surface area contributed by atoms with E-state index in [1.54, 1.807) is 7.11 Å². The fraction of sp³-hybridized carbons (Fsp3) is 0.176. The van der Waals surface area contributed by atoms with E-state index >= 15 is 0 Å². The minimum absolute atomic E-state index is 0.654. The van der Waals surface area contributed by atoms with E-state index < -0.39 is 0 Å². The van der Waals surface area contributed by atoms with Crippen molar-refractivity contribution in [2.75, 3.05) is 24.5 Å². The first kappa shape index (κ1) is 15.5. The molecule has 120 valence electrons. The second kappa shape index (κ2) is 6.38. The molecule has 0 aliphatic heterocycles. The van der Waals surface area contributed by atoms with Crippen LogP contribution >= 0.6 is 0 Å². The maximum Gasteiger partial charge on any atom is 0.308 e. The molecule has 3 rings (SSSR count). The number of diazo groups is 1. The Morgan fingerprint density at radius 2 is 1.88 bits per heavy atom. The maximum atomic E-state index is 8.64. The third kappa shape index (κ3) is 2.90. The number of anilines is 3. The lowest BCUT2D eigenvalue weighted by Crippen LogP contribution is -2.13. The SMILES string of the molecule is COc1ccc(N(C)c2nc(C)nc3cc(N[N+]#N)ccc23)cc1. The lowest BCUT2D eigenvalue weighted by molar-refractivity contribution is 0.415. The van der Waals surface area contributed by atoms with Gasteiger partial charge in [0.2, 0.25) is 0 Å². The molecule has 24 heavy (non-hydrogen) atoms. The first-order valence-corrected chi connectivity index (χ1v) is 7.38. The van der Waals surface area contributed by atoms with Crippen molar-refractivity contribution in [2.45, 2.75) is 6.92 Å². The Balaban J connectivity index is 2.08. The van der Waals surface area contributed by atoms with Crippen LogP contribution in [0.15, 0.2) is 42.5 Å². The average Bonchev–Trinajstić information content (AvgIpc) is 2.60. The summed E-state index contributed by atoms with van der Waals surface area (Å²) in [4.78, 5) is 11.0. The third-order valence-electron chi connectivity index (χ3n) is 3.75. The molecule has 0 atom stereocenters. The van der Waals surface area contributed by atoms with E-state index in [0.717, 1.165) is 28.2 Å². The van der Waals surface area contributed by atoms with Gasteiger partial charge in [-0.25, -0.2) is 9.97 Å². The number of hydrogen-bond donors (Lipinski definition) is 1. The van der Waals surface area contributed by atoms with E-state index in [1.165, 1.54) is 0 Å². The standard InChI is InChI=1S/C17H17N6O/c1-11-19-16-10-12(21-22-18)4-9-15(16)17(20-11)23(2)13-5-7-14(24-3)8-6-13/h4-10,21H,1-3H3/q+1. The molecule has 1 heterocycles. The van der Waals surface area contributed by atoms with Gasteiger partial charge in [-0.1, -0.05) is 0 Å². The van der Waals surface area contributed by atoms with Gasteiger partial charge in [-0.05, 0) is 54.8 Å². The number of nitrogens with zero attached hydrogens (tertiary/aromatic N) is 5. The van der Waals surface area contributed by atoms with Gasteiger partial charge in [0.25, 0.3) is 5.39 Å². The van der Waals surface area contributed by atoms with E-state index in [9.17, 15) is 0 Å². The summed E-state index contributed by atoms with van der Waals surface area (Å²) in [5, 5.41) is 12.5. The van der Waals surface area contributed by atoms with Crippen molar-refractivity contribution in [3.05, 3.63) is 53.4 Å². The topological polar surface area (TPSA) is 78.4 Å². The Bertz CT molecular complexity index is 917. The van der Waals surface area contributed by atoms with Gasteiger partial charge >= 0.3 is 5.08 Å². The lowest BCUT2D eigenvalue weighted by atomic mass is 10.2. The molecule has 1 aromatic heterocycles. The summed E-state index contributed by atoms with van der Waals surface area (Å²) in [5.41, 5.74) is 4.92. The summed E-state index contributed by atoms with van der Waals surface area (Å²) >= 11 is 0. The number of benzene rings is 2. The number of aryl methyl sites for hydroxylation is 1. The summed E-state index contributed by atoms with van der Waals surface area (Å²) in [6, 6.07) is 13.3. The normalized spacial score (nSPS) is 10.2. The predicted octanol–water partition coefficient (Wildman–Crippen LogP) is 3.89. The molecule has 1 N–H and O–H groups in total. The zero-order valence-electron chi connectivity index (χ0n) is 13.7. The highest BCUT2D eigenvalue weighted by molar-refractivity contribution is 5.93. The van der Waals surface area contributed by atoms with Crippen molar-refractivity contribution in [1.82, 2.24) is 9.97 Å². The van der Waals surface area contributed by atoms with Crippen molar-refractivity contribution in [3.8, 4) is 5.75 Å². The fourth-order valence-corrected chi connectivity index (χ4v) is 2.54. The Labute approximate surface area is 139 Å². The number of methoxy groups -OCH3 is 1. The summed E-state index contributed by atoms with van der Waals surface area (Å²) in [7, 11) is 3.60. The third-order valence-corrected chi connectivity index (χ3v) is 3.75. The number of hydrogen-bond acceptors (Lipinski definition) is 6. The first-order chi connectivity index (χ1) is 11.6. The second-order valence-electron chi connectivity index (χ2n) is 5.30. The van der Waals surface area contributed by atoms with Crippen molar-refractivity contribution in [3.63, 3.8) is 0 Å². The van der Waals surface area contributed by atoms with Crippen LogP contribution in [0.1, 0.15) is 5.82 Å². The monoisotopic (exact) mass is 321 g/mol.